The van der Waals surface area contributed by atoms with Crippen molar-refractivity contribution in [3.05, 3.63) is 72.3 Å². The number of esters is 1. The maximum atomic E-state index is 12.9. The van der Waals surface area contributed by atoms with Crippen molar-refractivity contribution in [3.8, 4) is 23.0 Å². The topological polar surface area (TPSA) is 113 Å². The zero-order valence-electron chi connectivity index (χ0n) is 17.9. The molecule has 0 aliphatic rings. The standard InChI is InChI=1S/C24H20N4O5/c1-31-21-13-22(32-2)28-24(27-21)26-20(29)14-33-23(30)17-12-19(15-8-4-3-5-9-15)25-18-11-7-6-10-16(17)18/h3-13H,14H2,1-2H3,(H,26,27,28,29). The van der Waals surface area contributed by atoms with E-state index in [1.807, 2.05) is 48.5 Å². The Morgan fingerprint density at radius 2 is 1.52 bits per heavy atom. The molecule has 0 unspecified atom stereocenters. The Kier molecular flexibility index (Phi) is 6.40. The number of rotatable bonds is 7. The van der Waals surface area contributed by atoms with E-state index in [2.05, 4.69) is 20.3 Å². The van der Waals surface area contributed by atoms with E-state index in [4.69, 9.17) is 14.2 Å². The number of para-hydroxylation sites is 1. The predicted molar refractivity (Wildman–Crippen MR) is 121 cm³/mol. The number of fused-ring (bicyclic) bond motifs is 1. The van der Waals surface area contributed by atoms with Crippen LogP contribution >= 0.6 is 0 Å². The minimum absolute atomic E-state index is 0.0343. The van der Waals surface area contributed by atoms with Crippen molar-refractivity contribution in [2.24, 2.45) is 0 Å². The minimum Gasteiger partial charge on any atom is -0.481 e. The summed E-state index contributed by atoms with van der Waals surface area (Å²) in [6.07, 6.45) is 0. The molecule has 2 heterocycles. The van der Waals surface area contributed by atoms with Gasteiger partial charge in [-0.2, -0.15) is 9.97 Å². The number of nitrogens with one attached hydrogen (secondary N) is 1. The summed E-state index contributed by atoms with van der Waals surface area (Å²) >= 11 is 0. The van der Waals surface area contributed by atoms with Gasteiger partial charge in [-0.1, -0.05) is 48.5 Å². The smallest absolute Gasteiger partial charge is 0.339 e. The Bertz CT molecular complexity index is 1290. The van der Waals surface area contributed by atoms with Gasteiger partial charge in [-0.3, -0.25) is 10.1 Å². The molecule has 166 valence electrons. The van der Waals surface area contributed by atoms with Gasteiger partial charge in [-0.15, -0.1) is 0 Å². The first-order valence-corrected chi connectivity index (χ1v) is 9.96. The molecule has 0 aliphatic carbocycles. The van der Waals surface area contributed by atoms with Gasteiger partial charge in [0.05, 0.1) is 37.1 Å². The lowest BCUT2D eigenvalue weighted by Crippen LogP contribution is -2.22. The van der Waals surface area contributed by atoms with E-state index < -0.39 is 18.5 Å². The van der Waals surface area contributed by atoms with Crippen LogP contribution in [-0.4, -0.2) is 47.7 Å². The van der Waals surface area contributed by atoms with Gasteiger partial charge in [0.2, 0.25) is 17.7 Å². The molecule has 1 amide bonds. The number of amides is 1. The number of pyridine rings is 1. The van der Waals surface area contributed by atoms with E-state index in [0.29, 0.717) is 22.2 Å². The molecule has 4 aromatic rings. The monoisotopic (exact) mass is 444 g/mol. The molecule has 0 saturated carbocycles. The van der Waals surface area contributed by atoms with Crippen molar-refractivity contribution in [2.75, 3.05) is 26.1 Å². The maximum Gasteiger partial charge on any atom is 0.339 e. The Labute approximate surface area is 189 Å². The van der Waals surface area contributed by atoms with Crippen LogP contribution in [0.1, 0.15) is 10.4 Å². The molecule has 1 N–H and O–H groups in total. The van der Waals surface area contributed by atoms with Crippen molar-refractivity contribution in [1.82, 2.24) is 15.0 Å². The van der Waals surface area contributed by atoms with Gasteiger partial charge < -0.3 is 14.2 Å². The van der Waals surface area contributed by atoms with Crippen LogP contribution in [0.4, 0.5) is 5.95 Å². The Morgan fingerprint density at radius 3 is 2.21 bits per heavy atom. The zero-order chi connectivity index (χ0) is 23.2. The third-order valence-electron chi connectivity index (χ3n) is 4.69. The molecule has 0 atom stereocenters. The molecule has 0 spiro atoms. The van der Waals surface area contributed by atoms with E-state index >= 15 is 0 Å². The summed E-state index contributed by atoms with van der Waals surface area (Å²) in [5, 5.41) is 3.09. The third kappa shape index (κ3) is 5.04. The van der Waals surface area contributed by atoms with E-state index in [1.54, 1.807) is 12.1 Å². The van der Waals surface area contributed by atoms with Crippen LogP contribution in [0.2, 0.25) is 0 Å². The van der Waals surface area contributed by atoms with Gasteiger partial charge >= 0.3 is 5.97 Å². The van der Waals surface area contributed by atoms with Crippen LogP contribution in [0.3, 0.4) is 0 Å². The summed E-state index contributed by atoms with van der Waals surface area (Å²) in [5.41, 5.74) is 2.44. The molecule has 33 heavy (non-hydrogen) atoms. The summed E-state index contributed by atoms with van der Waals surface area (Å²) in [6, 6.07) is 19.9. The quantitative estimate of drug-likeness (QED) is 0.431. The van der Waals surface area contributed by atoms with Crippen molar-refractivity contribution >= 4 is 28.7 Å². The van der Waals surface area contributed by atoms with Gasteiger partial charge in [0.1, 0.15) is 0 Å². The first kappa shape index (κ1) is 21.7. The van der Waals surface area contributed by atoms with Crippen molar-refractivity contribution in [1.29, 1.82) is 0 Å². The maximum absolute atomic E-state index is 12.9. The molecular weight excluding hydrogens is 424 g/mol. The fraction of sp³-hybridized carbons (Fsp3) is 0.125. The number of ether oxygens (including phenoxy) is 3. The van der Waals surface area contributed by atoms with Crippen LogP contribution in [0, 0.1) is 0 Å². The molecule has 0 bridgehead atoms. The second-order valence-electron chi connectivity index (χ2n) is 6.84. The largest absolute Gasteiger partial charge is 0.481 e. The molecule has 4 rings (SSSR count). The Balaban J connectivity index is 1.53. The Hall–Kier alpha value is -4.53. The average Bonchev–Trinajstić information content (AvgIpc) is 2.86. The lowest BCUT2D eigenvalue weighted by molar-refractivity contribution is -0.119. The van der Waals surface area contributed by atoms with Crippen LogP contribution in [-0.2, 0) is 9.53 Å². The van der Waals surface area contributed by atoms with Crippen LogP contribution < -0.4 is 14.8 Å². The average molecular weight is 444 g/mol. The van der Waals surface area contributed by atoms with E-state index in [9.17, 15) is 9.59 Å². The number of nitrogens with zero attached hydrogens (tertiary/aromatic N) is 3. The predicted octanol–water partition coefficient (Wildman–Crippen LogP) is 3.50. The van der Waals surface area contributed by atoms with E-state index in [0.717, 1.165) is 5.56 Å². The first-order valence-electron chi connectivity index (χ1n) is 9.96. The fourth-order valence-electron chi connectivity index (χ4n) is 3.14. The van der Waals surface area contributed by atoms with Crippen LogP contribution in [0.25, 0.3) is 22.2 Å². The van der Waals surface area contributed by atoms with E-state index in [-0.39, 0.29) is 17.7 Å². The van der Waals surface area contributed by atoms with Gasteiger partial charge in [0.15, 0.2) is 6.61 Å². The molecule has 9 nitrogen and oxygen atoms in total. The molecule has 0 fully saturated rings. The second kappa shape index (κ2) is 9.73. The molecule has 2 aromatic carbocycles. The zero-order valence-corrected chi connectivity index (χ0v) is 17.9. The molecule has 0 aliphatic heterocycles. The number of methoxy groups -OCH3 is 2. The first-order chi connectivity index (χ1) is 16.1. The van der Waals surface area contributed by atoms with Gasteiger partial charge in [-0.25, -0.2) is 9.78 Å². The lowest BCUT2D eigenvalue weighted by Gasteiger charge is -2.11. The number of aromatic nitrogens is 3. The lowest BCUT2D eigenvalue weighted by atomic mass is 10.0. The molecule has 2 aromatic heterocycles. The van der Waals surface area contributed by atoms with Crippen molar-refractivity contribution in [3.63, 3.8) is 0 Å². The van der Waals surface area contributed by atoms with Gasteiger partial charge in [-0.05, 0) is 12.1 Å². The highest BCUT2D eigenvalue weighted by Gasteiger charge is 2.17. The molecular formula is C24H20N4O5. The minimum atomic E-state index is -0.648. The number of carbonyl (C=O) groups excluding carboxylic acids is 2. The number of benzene rings is 2. The summed E-state index contributed by atoms with van der Waals surface area (Å²) in [7, 11) is 2.86. The summed E-state index contributed by atoms with van der Waals surface area (Å²) in [5.74, 6) is -0.866. The number of carbonyl (C=O) groups is 2. The van der Waals surface area contributed by atoms with E-state index in [1.165, 1.54) is 20.3 Å². The molecule has 0 radical (unpaired) electrons. The number of anilines is 1. The fourth-order valence-corrected chi connectivity index (χ4v) is 3.14. The summed E-state index contributed by atoms with van der Waals surface area (Å²) < 4.78 is 15.4. The number of hydrogen-bond donors (Lipinski definition) is 1. The van der Waals surface area contributed by atoms with Gasteiger partial charge in [0.25, 0.3) is 5.91 Å². The summed E-state index contributed by atoms with van der Waals surface area (Å²) in [4.78, 5) is 37.9. The highest BCUT2D eigenvalue weighted by atomic mass is 16.5. The molecule has 0 saturated heterocycles. The van der Waals surface area contributed by atoms with Crippen LogP contribution in [0.5, 0.6) is 11.8 Å². The normalized spacial score (nSPS) is 10.5. The van der Waals surface area contributed by atoms with Crippen molar-refractivity contribution < 1.29 is 23.8 Å². The Morgan fingerprint density at radius 1 is 0.848 bits per heavy atom. The number of hydrogen-bond acceptors (Lipinski definition) is 8. The molecule has 9 heteroatoms. The second-order valence-corrected chi connectivity index (χ2v) is 6.84. The highest BCUT2D eigenvalue weighted by Crippen LogP contribution is 2.25. The van der Waals surface area contributed by atoms with Crippen LogP contribution in [0.15, 0.2) is 66.7 Å². The van der Waals surface area contributed by atoms with Crippen molar-refractivity contribution in [2.45, 2.75) is 0 Å². The summed E-state index contributed by atoms with van der Waals surface area (Å²) in [6.45, 7) is -0.529. The van der Waals surface area contributed by atoms with Gasteiger partial charge in [0, 0.05) is 10.9 Å². The SMILES string of the molecule is COc1cc(OC)nc(NC(=O)COC(=O)c2cc(-c3ccccc3)nc3ccccc23)n1. The third-order valence-corrected chi connectivity index (χ3v) is 4.69. The highest BCUT2D eigenvalue weighted by molar-refractivity contribution is 6.05.